The van der Waals surface area contributed by atoms with E-state index in [-0.39, 0.29) is 0 Å². The van der Waals surface area contributed by atoms with Crippen LogP contribution in [0, 0.1) is 0 Å². The van der Waals surface area contributed by atoms with Gasteiger partial charge in [-0.05, 0) is 43.9 Å². The molecule has 1 unspecified atom stereocenters. The summed E-state index contributed by atoms with van der Waals surface area (Å²) in [5.41, 5.74) is -0.0136. The topological polar surface area (TPSA) is 60.8 Å². The molecule has 1 aliphatic heterocycles. The molecule has 102 valence electrons. The molecule has 2 N–H and O–H groups in total. The lowest BCUT2D eigenvalue weighted by atomic mass is 9.77. The minimum Gasteiger partial charge on any atom is -0.480 e. The van der Waals surface area contributed by atoms with Crippen LogP contribution in [0.5, 0.6) is 0 Å². The first-order chi connectivity index (χ1) is 8.95. The van der Waals surface area contributed by atoms with E-state index in [0.717, 1.165) is 16.5 Å². The van der Waals surface area contributed by atoms with Crippen LogP contribution in [-0.4, -0.2) is 40.0 Å². The van der Waals surface area contributed by atoms with Gasteiger partial charge in [0.05, 0.1) is 0 Å². The molecule has 1 aromatic rings. The van der Waals surface area contributed by atoms with Crippen LogP contribution in [0.2, 0.25) is 6.82 Å². The average Bonchev–Trinajstić information content (AvgIpc) is 2.77. The Bertz CT molecular complexity index is 465. The van der Waals surface area contributed by atoms with Crippen molar-refractivity contribution in [2.75, 3.05) is 6.54 Å². The van der Waals surface area contributed by atoms with Gasteiger partial charge >= 0.3 is 13.0 Å². The Hall–Kier alpha value is -0.845. The monoisotopic (exact) mass is 325 g/mol. The summed E-state index contributed by atoms with van der Waals surface area (Å²) in [6.07, 6.45) is 1.79. The van der Waals surface area contributed by atoms with Crippen molar-refractivity contribution < 1.29 is 14.9 Å². The number of benzene rings is 1. The molecule has 1 aliphatic rings. The molecule has 1 aromatic carbocycles. The molecule has 2 rings (SSSR count). The molecule has 0 spiro atoms. The van der Waals surface area contributed by atoms with Crippen molar-refractivity contribution in [2.45, 2.75) is 31.6 Å². The summed E-state index contributed by atoms with van der Waals surface area (Å²) in [6.45, 7) is 2.26. The van der Waals surface area contributed by atoms with Crippen molar-refractivity contribution in [3.8, 4) is 0 Å². The van der Waals surface area contributed by atoms with Gasteiger partial charge in [0.25, 0.3) is 0 Å². The molecular weight excluding hydrogens is 309 g/mol. The van der Waals surface area contributed by atoms with Gasteiger partial charge in [-0.3, -0.25) is 4.79 Å². The van der Waals surface area contributed by atoms with Crippen LogP contribution in [-0.2, 0) is 11.2 Å². The van der Waals surface area contributed by atoms with Crippen LogP contribution in [0.3, 0.4) is 0 Å². The van der Waals surface area contributed by atoms with E-state index < -0.39 is 18.6 Å². The second-order valence-corrected chi connectivity index (χ2v) is 5.98. The minimum absolute atomic E-state index is 0.417. The van der Waals surface area contributed by atoms with Crippen LogP contribution in [0.1, 0.15) is 18.4 Å². The number of carboxylic acids is 1. The maximum absolute atomic E-state index is 11.7. The summed E-state index contributed by atoms with van der Waals surface area (Å²) in [5.74, 6) is -0.853. The molecule has 4 nitrogen and oxygen atoms in total. The first kappa shape index (κ1) is 14.6. The van der Waals surface area contributed by atoms with Crippen LogP contribution >= 0.6 is 15.9 Å². The molecule has 0 radical (unpaired) electrons. The zero-order chi connectivity index (χ0) is 14.0. The molecule has 1 fully saturated rings. The number of rotatable bonds is 4. The summed E-state index contributed by atoms with van der Waals surface area (Å²) >= 11 is 3.37. The zero-order valence-corrected chi connectivity index (χ0v) is 12.4. The molecule has 0 aromatic heterocycles. The molecule has 6 heteroatoms. The van der Waals surface area contributed by atoms with Crippen LogP contribution in [0.4, 0.5) is 0 Å². The third-order valence-electron chi connectivity index (χ3n) is 3.80. The number of halogens is 1. The number of carboxylic acid groups (broad SMARTS) is 1. The van der Waals surface area contributed by atoms with Gasteiger partial charge in [0.15, 0.2) is 0 Å². The van der Waals surface area contributed by atoms with Crippen molar-refractivity contribution in [1.82, 2.24) is 4.81 Å². The summed E-state index contributed by atoms with van der Waals surface area (Å²) < 4.78 is 0.972. The summed E-state index contributed by atoms with van der Waals surface area (Å²) in [6, 6.07) is 7.67. The summed E-state index contributed by atoms with van der Waals surface area (Å²) in [4.78, 5) is 13.4. The maximum atomic E-state index is 11.7. The van der Waals surface area contributed by atoms with Gasteiger partial charge in [-0.15, -0.1) is 0 Å². The zero-order valence-electron chi connectivity index (χ0n) is 10.8. The maximum Gasteiger partial charge on any atom is 0.377 e. The van der Waals surface area contributed by atoms with Gasteiger partial charge < -0.3 is 14.9 Å². The van der Waals surface area contributed by atoms with E-state index in [1.54, 1.807) is 11.6 Å². The van der Waals surface area contributed by atoms with Crippen molar-refractivity contribution in [3.05, 3.63) is 34.3 Å². The third kappa shape index (κ3) is 2.85. The molecule has 0 aliphatic carbocycles. The van der Waals surface area contributed by atoms with Crippen LogP contribution in [0.25, 0.3) is 0 Å². The molecule has 19 heavy (non-hydrogen) atoms. The first-order valence-electron chi connectivity index (χ1n) is 6.38. The standard InChI is InChI=1S/C13H17BBrNO3/c1-14(19)16-8-2-7-13(16,12(17)18)9-10-3-5-11(15)6-4-10/h3-6,19H,2,7-9H2,1H3,(H,17,18). The Kier molecular flexibility index (Phi) is 4.33. The molecule has 1 heterocycles. The fourth-order valence-corrected chi connectivity index (χ4v) is 3.14. The first-order valence-corrected chi connectivity index (χ1v) is 7.18. The second kappa shape index (κ2) is 5.65. The summed E-state index contributed by atoms with van der Waals surface area (Å²) in [7, 11) is -0.742. The molecule has 1 atom stereocenters. The third-order valence-corrected chi connectivity index (χ3v) is 4.33. The predicted octanol–water partition coefficient (Wildman–Crippen LogP) is 2.02. The van der Waals surface area contributed by atoms with Gasteiger partial charge in [-0.2, -0.15) is 0 Å². The van der Waals surface area contributed by atoms with E-state index in [4.69, 9.17) is 0 Å². The lowest BCUT2D eigenvalue weighted by Crippen LogP contribution is -2.57. The number of hydrogen-bond donors (Lipinski definition) is 2. The second-order valence-electron chi connectivity index (χ2n) is 5.07. The fourth-order valence-electron chi connectivity index (χ4n) is 2.88. The number of nitrogens with zero attached hydrogens (tertiary/aromatic N) is 1. The molecule has 0 amide bonds. The summed E-state index contributed by atoms with van der Waals surface area (Å²) in [5, 5.41) is 19.5. The SMILES string of the molecule is CB(O)N1CCCC1(Cc1ccc(Br)cc1)C(=O)O. The highest BCUT2D eigenvalue weighted by Gasteiger charge is 2.49. The van der Waals surface area contributed by atoms with E-state index in [1.165, 1.54) is 0 Å². The average molecular weight is 326 g/mol. The Morgan fingerprint density at radius 1 is 1.47 bits per heavy atom. The van der Waals surface area contributed by atoms with Crippen molar-refractivity contribution >= 4 is 28.9 Å². The lowest BCUT2D eigenvalue weighted by Gasteiger charge is -2.35. The number of hydrogen-bond acceptors (Lipinski definition) is 3. The van der Waals surface area contributed by atoms with Gasteiger partial charge in [-0.1, -0.05) is 28.1 Å². The molecular formula is C13H17BBrNO3. The highest BCUT2D eigenvalue weighted by Crippen LogP contribution is 2.34. The van der Waals surface area contributed by atoms with Gasteiger partial charge in [0.2, 0.25) is 0 Å². The van der Waals surface area contributed by atoms with Gasteiger partial charge in [0.1, 0.15) is 5.54 Å². The largest absolute Gasteiger partial charge is 0.480 e. The highest BCUT2D eigenvalue weighted by molar-refractivity contribution is 9.10. The van der Waals surface area contributed by atoms with Crippen LogP contribution in [0.15, 0.2) is 28.7 Å². The number of aliphatic carboxylic acids is 1. The lowest BCUT2D eigenvalue weighted by molar-refractivity contribution is -0.147. The van der Waals surface area contributed by atoms with Crippen molar-refractivity contribution in [2.24, 2.45) is 0 Å². The smallest absolute Gasteiger partial charge is 0.377 e. The van der Waals surface area contributed by atoms with E-state index in [2.05, 4.69) is 15.9 Å². The predicted molar refractivity (Wildman–Crippen MR) is 78.0 cm³/mol. The van der Waals surface area contributed by atoms with Crippen molar-refractivity contribution in [3.63, 3.8) is 0 Å². The highest BCUT2D eigenvalue weighted by atomic mass is 79.9. The Labute approximate surface area is 121 Å². The Balaban J connectivity index is 2.30. The van der Waals surface area contributed by atoms with E-state index in [0.29, 0.717) is 19.4 Å². The van der Waals surface area contributed by atoms with E-state index in [1.807, 2.05) is 24.3 Å². The van der Waals surface area contributed by atoms with Gasteiger partial charge in [-0.25, -0.2) is 0 Å². The normalized spacial score (nSPS) is 23.5. The Morgan fingerprint density at radius 2 is 2.11 bits per heavy atom. The van der Waals surface area contributed by atoms with E-state index in [9.17, 15) is 14.9 Å². The minimum atomic E-state index is -0.984. The molecule has 0 saturated carbocycles. The fraction of sp³-hybridized carbons (Fsp3) is 0.462. The van der Waals surface area contributed by atoms with Crippen LogP contribution < -0.4 is 0 Å². The molecule has 0 bridgehead atoms. The quantitative estimate of drug-likeness (QED) is 0.831. The molecule has 1 saturated heterocycles. The Morgan fingerprint density at radius 3 is 2.63 bits per heavy atom. The van der Waals surface area contributed by atoms with Gasteiger partial charge in [0, 0.05) is 10.9 Å². The van der Waals surface area contributed by atoms with E-state index >= 15 is 0 Å². The van der Waals surface area contributed by atoms with Crippen molar-refractivity contribution in [1.29, 1.82) is 0 Å². The number of carbonyl (C=O) groups is 1.